The molecule has 7 nitrogen and oxygen atoms in total. The van der Waals surface area contributed by atoms with Crippen LogP contribution >= 0.6 is 0 Å². The van der Waals surface area contributed by atoms with Gasteiger partial charge in [0.05, 0.1) is 27.0 Å². The molecule has 196 valence electrons. The Balaban J connectivity index is 1.43. The van der Waals surface area contributed by atoms with Crippen LogP contribution in [0.5, 0.6) is 11.5 Å². The number of likely N-dealkylation sites (tertiary alicyclic amines) is 1. The minimum Gasteiger partial charge on any atom is -0.497 e. The van der Waals surface area contributed by atoms with Gasteiger partial charge >= 0.3 is 5.97 Å². The predicted molar refractivity (Wildman–Crippen MR) is 138 cm³/mol. The maximum Gasteiger partial charge on any atom is 0.305 e. The van der Waals surface area contributed by atoms with Gasteiger partial charge in [-0.2, -0.15) is 0 Å². The molecule has 0 radical (unpaired) electrons. The van der Waals surface area contributed by atoms with E-state index < -0.39 is 0 Å². The van der Waals surface area contributed by atoms with Crippen molar-refractivity contribution in [1.82, 2.24) is 9.80 Å². The van der Waals surface area contributed by atoms with Gasteiger partial charge in [-0.25, -0.2) is 4.39 Å². The van der Waals surface area contributed by atoms with Gasteiger partial charge in [-0.05, 0) is 55.6 Å². The number of hydrogen-bond donors (Lipinski definition) is 0. The molecule has 0 amide bonds. The summed E-state index contributed by atoms with van der Waals surface area (Å²) in [5.41, 5.74) is 1.78. The van der Waals surface area contributed by atoms with Crippen molar-refractivity contribution in [2.45, 2.75) is 31.8 Å². The van der Waals surface area contributed by atoms with Crippen molar-refractivity contribution in [2.24, 2.45) is 5.92 Å². The number of benzene rings is 2. The van der Waals surface area contributed by atoms with E-state index in [0.29, 0.717) is 24.1 Å². The highest BCUT2D eigenvalue weighted by atomic mass is 19.1. The lowest BCUT2D eigenvalue weighted by atomic mass is 9.86. The monoisotopic (exact) mass is 499 g/mol. The minimum atomic E-state index is -0.164. The van der Waals surface area contributed by atoms with Crippen molar-refractivity contribution in [1.29, 1.82) is 0 Å². The zero-order valence-electron chi connectivity index (χ0n) is 21.6. The highest BCUT2D eigenvalue weighted by molar-refractivity contribution is 5.69. The molecule has 2 aromatic rings. The predicted octanol–water partition coefficient (Wildman–Crippen LogP) is 3.81. The summed E-state index contributed by atoms with van der Waals surface area (Å²) in [6.45, 7) is 6.00. The van der Waals surface area contributed by atoms with Gasteiger partial charge in [-0.3, -0.25) is 14.6 Å². The summed E-state index contributed by atoms with van der Waals surface area (Å²) in [4.78, 5) is 19.1. The third-order valence-electron chi connectivity index (χ3n) is 7.58. The van der Waals surface area contributed by atoms with Gasteiger partial charge in [0.2, 0.25) is 0 Å². The van der Waals surface area contributed by atoms with Crippen LogP contribution in [0.4, 0.5) is 10.1 Å². The molecule has 0 bridgehead atoms. The molecule has 2 heterocycles. The normalized spacial score (nSPS) is 21.3. The number of carbonyl (C=O) groups excluding carboxylic acids is 1. The molecule has 2 aromatic carbocycles. The van der Waals surface area contributed by atoms with Crippen LogP contribution in [-0.4, -0.2) is 82.4 Å². The largest absolute Gasteiger partial charge is 0.497 e. The molecule has 0 N–H and O–H groups in total. The van der Waals surface area contributed by atoms with E-state index in [1.165, 1.54) is 13.2 Å². The fourth-order valence-corrected chi connectivity index (χ4v) is 5.66. The Hall–Kier alpha value is -2.84. The Morgan fingerprint density at radius 3 is 2.47 bits per heavy atom. The number of para-hydroxylation sites is 1. The number of rotatable bonds is 9. The average Bonchev–Trinajstić information content (AvgIpc) is 2.92. The van der Waals surface area contributed by atoms with E-state index in [9.17, 15) is 9.18 Å². The summed E-state index contributed by atoms with van der Waals surface area (Å²) < 4.78 is 30.3. The maximum atomic E-state index is 14.3. The summed E-state index contributed by atoms with van der Waals surface area (Å²) in [5.74, 6) is 1.69. The summed E-state index contributed by atoms with van der Waals surface area (Å²) >= 11 is 0. The van der Waals surface area contributed by atoms with Gasteiger partial charge in [0.15, 0.2) is 0 Å². The number of piperidine rings is 1. The molecule has 0 unspecified atom stereocenters. The lowest BCUT2D eigenvalue weighted by Gasteiger charge is -2.47. The number of carbonyl (C=O) groups is 1. The molecule has 0 aliphatic carbocycles. The van der Waals surface area contributed by atoms with Crippen molar-refractivity contribution in [3.05, 3.63) is 53.8 Å². The standard InChI is InChI=1S/C28H38FN3O4/c1-34-23-9-10-27(35-2)22(18-23)20-30-13-12-25(21(19-30)8-11-28(33)36-3)31-14-16-32(17-15-31)26-7-5-4-6-24(26)29/h4-7,9-10,18,21,25H,8,11-17,19-20H2,1-3H3/t21-,25+/m1/s1. The third kappa shape index (κ3) is 6.28. The maximum absolute atomic E-state index is 14.3. The van der Waals surface area contributed by atoms with Crippen LogP contribution in [0.1, 0.15) is 24.8 Å². The van der Waals surface area contributed by atoms with E-state index in [1.54, 1.807) is 20.3 Å². The van der Waals surface area contributed by atoms with Crippen molar-refractivity contribution in [2.75, 3.05) is 65.5 Å². The minimum absolute atomic E-state index is 0.162. The molecule has 2 aliphatic heterocycles. The van der Waals surface area contributed by atoms with Gasteiger partial charge in [0, 0.05) is 57.3 Å². The second kappa shape index (κ2) is 12.4. The molecule has 2 aliphatic rings. The van der Waals surface area contributed by atoms with Crippen LogP contribution in [-0.2, 0) is 16.1 Å². The first-order chi connectivity index (χ1) is 17.5. The molecule has 36 heavy (non-hydrogen) atoms. The first-order valence-corrected chi connectivity index (χ1v) is 12.8. The van der Waals surface area contributed by atoms with Gasteiger partial charge < -0.3 is 19.1 Å². The van der Waals surface area contributed by atoms with E-state index >= 15 is 0 Å². The number of methoxy groups -OCH3 is 3. The number of anilines is 1. The molecule has 2 fully saturated rings. The van der Waals surface area contributed by atoms with Crippen LogP contribution in [0.2, 0.25) is 0 Å². The van der Waals surface area contributed by atoms with Crippen molar-refractivity contribution in [3.63, 3.8) is 0 Å². The summed E-state index contributed by atoms with van der Waals surface area (Å²) in [6.07, 6.45) is 2.23. The van der Waals surface area contributed by atoms with Gasteiger partial charge in [-0.1, -0.05) is 12.1 Å². The van der Waals surface area contributed by atoms with Crippen LogP contribution in [0.25, 0.3) is 0 Å². The number of hydrogen-bond acceptors (Lipinski definition) is 7. The van der Waals surface area contributed by atoms with Crippen LogP contribution in [0.3, 0.4) is 0 Å². The molecule has 2 saturated heterocycles. The number of halogens is 1. The molecular weight excluding hydrogens is 461 g/mol. The second-order valence-electron chi connectivity index (χ2n) is 9.62. The van der Waals surface area contributed by atoms with Crippen LogP contribution in [0.15, 0.2) is 42.5 Å². The second-order valence-corrected chi connectivity index (χ2v) is 9.62. The fourth-order valence-electron chi connectivity index (χ4n) is 5.66. The van der Waals surface area contributed by atoms with E-state index in [1.807, 2.05) is 30.3 Å². The first-order valence-electron chi connectivity index (χ1n) is 12.8. The highest BCUT2D eigenvalue weighted by Crippen LogP contribution is 2.31. The number of ether oxygens (including phenoxy) is 3. The number of piperazine rings is 1. The van der Waals surface area contributed by atoms with Gasteiger partial charge in [0.25, 0.3) is 0 Å². The Morgan fingerprint density at radius 2 is 1.78 bits per heavy atom. The zero-order chi connectivity index (χ0) is 25.5. The summed E-state index contributed by atoms with van der Waals surface area (Å²) in [6, 6.07) is 13.3. The molecule has 4 rings (SSSR count). The topological polar surface area (TPSA) is 54.5 Å². The summed E-state index contributed by atoms with van der Waals surface area (Å²) in [7, 11) is 4.81. The molecule has 0 spiro atoms. The zero-order valence-corrected chi connectivity index (χ0v) is 21.6. The van der Waals surface area contributed by atoms with E-state index in [0.717, 1.165) is 75.7 Å². The van der Waals surface area contributed by atoms with E-state index in [2.05, 4.69) is 14.7 Å². The summed E-state index contributed by atoms with van der Waals surface area (Å²) in [5, 5.41) is 0. The Bertz CT molecular complexity index is 1010. The lowest BCUT2D eigenvalue weighted by molar-refractivity contribution is -0.141. The average molecular weight is 500 g/mol. The van der Waals surface area contributed by atoms with Crippen molar-refractivity contribution >= 4 is 11.7 Å². The molecule has 8 heteroatoms. The van der Waals surface area contributed by atoms with Crippen molar-refractivity contribution < 1.29 is 23.4 Å². The molecular formula is C28H38FN3O4. The SMILES string of the molecule is COC(=O)CC[C@@H]1CN(Cc2cc(OC)ccc2OC)CC[C@@H]1N1CCN(c2ccccc2F)CC1. The molecule has 0 saturated carbocycles. The Labute approximate surface area is 213 Å². The molecule has 2 atom stereocenters. The fraction of sp³-hybridized carbons (Fsp3) is 0.536. The van der Waals surface area contributed by atoms with Crippen LogP contribution < -0.4 is 14.4 Å². The smallest absolute Gasteiger partial charge is 0.305 e. The van der Waals surface area contributed by atoms with E-state index in [-0.39, 0.29) is 11.8 Å². The Morgan fingerprint density at radius 1 is 1.00 bits per heavy atom. The number of nitrogens with zero attached hydrogens (tertiary/aromatic N) is 3. The first kappa shape index (κ1) is 26.2. The highest BCUT2D eigenvalue weighted by Gasteiger charge is 2.35. The number of esters is 1. The third-order valence-corrected chi connectivity index (χ3v) is 7.58. The Kier molecular flexibility index (Phi) is 9.04. The lowest BCUT2D eigenvalue weighted by Crippen LogP contribution is -2.56. The molecule has 0 aromatic heterocycles. The van der Waals surface area contributed by atoms with Gasteiger partial charge in [-0.15, -0.1) is 0 Å². The quantitative estimate of drug-likeness (QED) is 0.487. The van der Waals surface area contributed by atoms with Gasteiger partial charge in [0.1, 0.15) is 17.3 Å². The van der Waals surface area contributed by atoms with Crippen molar-refractivity contribution in [3.8, 4) is 11.5 Å². The van der Waals surface area contributed by atoms with E-state index in [4.69, 9.17) is 14.2 Å². The van der Waals surface area contributed by atoms with Crippen LogP contribution in [0, 0.1) is 11.7 Å².